The monoisotopic (exact) mass is 231 g/mol. The van der Waals surface area contributed by atoms with Gasteiger partial charge in [0.25, 0.3) is 0 Å². The minimum Gasteiger partial charge on any atom is -0.504 e. The first-order valence-electron chi connectivity index (χ1n) is 5.04. The van der Waals surface area contributed by atoms with Gasteiger partial charge in [0.2, 0.25) is 5.43 Å². The number of aromatic hydroxyl groups is 1. The lowest BCUT2D eigenvalue weighted by atomic mass is 10.1. The molecule has 0 aliphatic rings. The molecular weight excluding hydrogens is 221 g/mol. The van der Waals surface area contributed by atoms with E-state index in [0.29, 0.717) is 16.8 Å². The van der Waals surface area contributed by atoms with E-state index >= 15 is 0 Å². The Hall–Kier alpha value is -2.23. The van der Waals surface area contributed by atoms with Gasteiger partial charge in [-0.2, -0.15) is 0 Å². The molecule has 0 aliphatic carbocycles. The third-order valence-electron chi connectivity index (χ3n) is 2.45. The quantitative estimate of drug-likeness (QED) is 0.819. The van der Waals surface area contributed by atoms with Crippen LogP contribution in [0.15, 0.2) is 41.3 Å². The van der Waals surface area contributed by atoms with Crippen LogP contribution in [0.25, 0.3) is 11.1 Å². The summed E-state index contributed by atoms with van der Waals surface area (Å²) in [6.45, 7) is 1.58. The molecule has 17 heavy (non-hydrogen) atoms. The molecule has 0 bridgehead atoms. The molecule has 0 radical (unpaired) electrons. The van der Waals surface area contributed by atoms with Crippen LogP contribution >= 0.6 is 0 Å². The van der Waals surface area contributed by atoms with Crippen molar-refractivity contribution in [2.24, 2.45) is 0 Å². The second-order valence-corrected chi connectivity index (χ2v) is 3.66. The number of hydrogen-bond donors (Lipinski definition) is 1. The highest BCUT2D eigenvalue weighted by Crippen LogP contribution is 2.19. The van der Waals surface area contributed by atoms with Gasteiger partial charge < -0.3 is 5.11 Å². The van der Waals surface area contributed by atoms with Gasteiger partial charge in [0.1, 0.15) is 5.82 Å². The van der Waals surface area contributed by atoms with Crippen molar-refractivity contribution in [1.29, 1.82) is 0 Å². The summed E-state index contributed by atoms with van der Waals surface area (Å²) in [5.41, 5.74) is 1.02. The number of aryl methyl sites for hydroxylation is 1. The summed E-state index contributed by atoms with van der Waals surface area (Å²) in [4.78, 5) is 15.1. The Bertz CT molecular complexity index is 626. The van der Waals surface area contributed by atoms with E-state index < -0.39 is 11.2 Å². The number of nitrogens with zero attached hydrogens (tertiary/aromatic N) is 1. The highest BCUT2D eigenvalue weighted by atomic mass is 19.1. The zero-order chi connectivity index (χ0) is 12.4. The molecule has 0 saturated carbocycles. The highest BCUT2D eigenvalue weighted by molar-refractivity contribution is 5.62. The first kappa shape index (κ1) is 11.3. The lowest BCUT2D eigenvalue weighted by Crippen LogP contribution is -1.91. The molecule has 0 unspecified atom stereocenters. The van der Waals surface area contributed by atoms with Crippen LogP contribution in [0.2, 0.25) is 0 Å². The summed E-state index contributed by atoms with van der Waals surface area (Å²) in [5, 5.41) is 9.25. The molecule has 2 aromatic rings. The molecule has 0 fully saturated rings. The van der Waals surface area contributed by atoms with Gasteiger partial charge in [0.05, 0.1) is 5.69 Å². The van der Waals surface area contributed by atoms with E-state index in [1.54, 1.807) is 13.0 Å². The third kappa shape index (κ3) is 2.30. The maximum atomic E-state index is 13.3. The maximum Gasteiger partial charge on any atom is 0.220 e. The molecular formula is C13H10FNO2. The Morgan fingerprint density at radius 1 is 1.18 bits per heavy atom. The van der Waals surface area contributed by atoms with E-state index in [0.717, 1.165) is 0 Å². The van der Waals surface area contributed by atoms with E-state index in [1.165, 1.54) is 30.5 Å². The number of aromatic nitrogens is 1. The molecule has 1 N–H and O–H groups in total. The van der Waals surface area contributed by atoms with Crippen LogP contribution in [0.1, 0.15) is 5.69 Å². The molecule has 2 rings (SSSR count). The van der Waals surface area contributed by atoms with Crippen LogP contribution < -0.4 is 5.43 Å². The van der Waals surface area contributed by atoms with Crippen molar-refractivity contribution >= 4 is 0 Å². The van der Waals surface area contributed by atoms with E-state index in [9.17, 15) is 14.3 Å². The second kappa shape index (κ2) is 4.33. The largest absolute Gasteiger partial charge is 0.504 e. The maximum absolute atomic E-state index is 13.3. The van der Waals surface area contributed by atoms with E-state index in [4.69, 9.17) is 0 Å². The average Bonchev–Trinajstić information content (AvgIpc) is 2.47. The van der Waals surface area contributed by atoms with Crippen molar-refractivity contribution in [3.63, 3.8) is 0 Å². The summed E-state index contributed by atoms with van der Waals surface area (Å²) >= 11 is 0. The van der Waals surface area contributed by atoms with Crippen LogP contribution in [0.3, 0.4) is 0 Å². The molecule has 1 heterocycles. The van der Waals surface area contributed by atoms with Crippen molar-refractivity contribution in [3.05, 3.63) is 58.3 Å². The van der Waals surface area contributed by atoms with Crippen molar-refractivity contribution < 1.29 is 9.50 Å². The molecule has 0 aliphatic heterocycles. The number of pyridine rings is 1. The molecule has 0 atom stereocenters. The van der Waals surface area contributed by atoms with E-state index in [2.05, 4.69) is 4.98 Å². The second-order valence-electron chi connectivity index (χ2n) is 3.66. The SMILES string of the molecule is Cc1ncc(-c2ccc(O)c(=O)cc2)cc1F. The van der Waals surface area contributed by atoms with Crippen molar-refractivity contribution in [3.8, 4) is 16.9 Å². The molecule has 4 heteroatoms. The summed E-state index contributed by atoms with van der Waals surface area (Å²) in [5.74, 6) is -0.739. The number of rotatable bonds is 1. The van der Waals surface area contributed by atoms with Crippen molar-refractivity contribution in [2.75, 3.05) is 0 Å². The molecule has 3 nitrogen and oxygen atoms in total. The predicted molar refractivity (Wildman–Crippen MR) is 62.3 cm³/mol. The molecule has 1 aromatic carbocycles. The van der Waals surface area contributed by atoms with Gasteiger partial charge in [-0.3, -0.25) is 9.78 Å². The Labute approximate surface area is 97.2 Å². The summed E-state index contributed by atoms with van der Waals surface area (Å²) in [6.07, 6.45) is 1.52. The Kier molecular flexibility index (Phi) is 2.87. The zero-order valence-electron chi connectivity index (χ0n) is 9.14. The Morgan fingerprint density at radius 2 is 1.88 bits per heavy atom. The minimum absolute atomic E-state index is 0.321. The summed E-state index contributed by atoms with van der Waals surface area (Å²) in [6, 6.07) is 6.94. The normalized spacial score (nSPS) is 10.2. The first-order chi connectivity index (χ1) is 8.08. The summed E-state index contributed by atoms with van der Waals surface area (Å²) in [7, 11) is 0. The predicted octanol–water partition coefficient (Wildman–Crippen LogP) is 2.26. The highest BCUT2D eigenvalue weighted by Gasteiger charge is 2.03. The van der Waals surface area contributed by atoms with Gasteiger partial charge in [0.15, 0.2) is 5.75 Å². The molecule has 1 aromatic heterocycles. The topological polar surface area (TPSA) is 50.2 Å². The number of halogens is 1. The molecule has 0 amide bonds. The first-order valence-corrected chi connectivity index (χ1v) is 5.04. The fourth-order valence-corrected chi connectivity index (χ4v) is 1.41. The Morgan fingerprint density at radius 3 is 2.59 bits per heavy atom. The Balaban J connectivity index is 2.58. The van der Waals surface area contributed by atoms with Crippen LogP contribution in [0.4, 0.5) is 4.39 Å². The standard InChI is InChI=1S/C13H10FNO2/c1-8-11(14)6-10(7-15-8)9-2-4-12(16)13(17)5-3-9/h2-7H,1H3,(H,16,17). The van der Waals surface area contributed by atoms with Crippen LogP contribution in [0.5, 0.6) is 5.75 Å². The average molecular weight is 231 g/mol. The fraction of sp³-hybridized carbons (Fsp3) is 0.0769. The van der Waals surface area contributed by atoms with Gasteiger partial charge in [-0.05, 0) is 30.7 Å². The lowest BCUT2D eigenvalue weighted by molar-refractivity contribution is 0.471. The minimum atomic E-state index is -0.475. The smallest absolute Gasteiger partial charge is 0.220 e. The van der Waals surface area contributed by atoms with Gasteiger partial charge in [0, 0.05) is 11.8 Å². The van der Waals surface area contributed by atoms with E-state index in [-0.39, 0.29) is 5.75 Å². The van der Waals surface area contributed by atoms with Gasteiger partial charge in [-0.15, -0.1) is 0 Å². The van der Waals surface area contributed by atoms with Gasteiger partial charge in [-0.25, -0.2) is 4.39 Å². The fourth-order valence-electron chi connectivity index (χ4n) is 1.41. The molecule has 0 saturated heterocycles. The van der Waals surface area contributed by atoms with Crippen LogP contribution in [-0.2, 0) is 0 Å². The van der Waals surface area contributed by atoms with Gasteiger partial charge in [-0.1, -0.05) is 12.1 Å². The lowest BCUT2D eigenvalue weighted by Gasteiger charge is -2.00. The van der Waals surface area contributed by atoms with Crippen LogP contribution in [-0.4, -0.2) is 10.1 Å². The van der Waals surface area contributed by atoms with Crippen molar-refractivity contribution in [2.45, 2.75) is 6.92 Å². The third-order valence-corrected chi connectivity index (χ3v) is 2.45. The molecule has 0 spiro atoms. The summed E-state index contributed by atoms with van der Waals surface area (Å²) < 4.78 is 13.3. The zero-order valence-corrected chi connectivity index (χ0v) is 9.14. The van der Waals surface area contributed by atoms with Gasteiger partial charge >= 0.3 is 0 Å². The van der Waals surface area contributed by atoms with Crippen LogP contribution in [0, 0.1) is 12.7 Å². The molecule has 86 valence electrons. The number of hydrogen-bond acceptors (Lipinski definition) is 3. The van der Waals surface area contributed by atoms with Crippen molar-refractivity contribution in [1.82, 2.24) is 4.98 Å². The van der Waals surface area contributed by atoms with E-state index in [1.807, 2.05) is 0 Å².